The third kappa shape index (κ3) is 5.86. The average Bonchev–Trinajstić information content (AvgIpc) is 3.13. The molecule has 0 spiro atoms. The van der Waals surface area contributed by atoms with Crippen LogP contribution in [0.4, 0.5) is 10.5 Å². The first kappa shape index (κ1) is 19.5. The van der Waals surface area contributed by atoms with E-state index in [1.165, 1.54) is 12.3 Å². The third-order valence-electron chi connectivity index (χ3n) is 3.39. The number of carbonyl (C=O) groups is 3. The molecule has 138 valence electrons. The maximum atomic E-state index is 11.8. The van der Waals surface area contributed by atoms with Crippen LogP contribution in [0, 0.1) is 25.2 Å². The summed E-state index contributed by atoms with van der Waals surface area (Å²) in [6.45, 7) is 3.03. The predicted molar refractivity (Wildman–Crippen MR) is 96.3 cm³/mol. The molecule has 0 aliphatic carbocycles. The van der Waals surface area contributed by atoms with Gasteiger partial charge in [-0.2, -0.15) is 5.26 Å². The highest BCUT2D eigenvalue weighted by molar-refractivity contribution is 6.03. The predicted octanol–water partition coefficient (Wildman–Crippen LogP) is 2.69. The summed E-state index contributed by atoms with van der Waals surface area (Å²) in [5.74, 6) is -1.54. The Morgan fingerprint density at radius 2 is 2.04 bits per heavy atom. The molecular weight excluding hydrogens is 350 g/mol. The van der Waals surface area contributed by atoms with Crippen molar-refractivity contribution in [1.29, 1.82) is 5.26 Å². The lowest BCUT2D eigenvalue weighted by molar-refractivity contribution is -0.144. The molecule has 0 aliphatic rings. The van der Waals surface area contributed by atoms with Crippen LogP contribution in [0.3, 0.4) is 0 Å². The molecule has 0 saturated heterocycles. The molecule has 0 saturated carbocycles. The molecule has 2 aromatic rings. The van der Waals surface area contributed by atoms with Crippen LogP contribution < -0.4 is 10.6 Å². The highest BCUT2D eigenvalue weighted by Crippen LogP contribution is 2.15. The minimum atomic E-state index is -1.00. The Morgan fingerprint density at radius 1 is 1.26 bits per heavy atom. The fraction of sp³-hybridized carbons (Fsp3) is 0.158. The van der Waals surface area contributed by atoms with E-state index in [9.17, 15) is 14.4 Å². The number of aryl methyl sites for hydroxylation is 2. The molecule has 0 bridgehead atoms. The van der Waals surface area contributed by atoms with Crippen molar-refractivity contribution in [2.75, 3.05) is 11.9 Å². The molecule has 1 aromatic heterocycles. The first-order chi connectivity index (χ1) is 12.9. The van der Waals surface area contributed by atoms with Crippen molar-refractivity contribution in [3.63, 3.8) is 0 Å². The minimum Gasteiger partial charge on any atom is -0.465 e. The lowest BCUT2D eigenvalue weighted by Gasteiger charge is -2.10. The standard InChI is InChI=1S/C19H17N3O5/c1-12-5-6-16(13(2)8-12)21-19(25)22-17(23)11-27-18(24)14(10-20)9-15-4-3-7-26-15/h3-9H,11H2,1-2H3,(H2,21,22,23,25)/b14-9+. The summed E-state index contributed by atoms with van der Waals surface area (Å²) in [6.07, 6.45) is 2.57. The number of nitrogens with one attached hydrogen (secondary N) is 2. The molecule has 0 radical (unpaired) electrons. The molecule has 27 heavy (non-hydrogen) atoms. The Hall–Kier alpha value is -3.86. The number of esters is 1. The normalized spacial score (nSPS) is 10.6. The van der Waals surface area contributed by atoms with Crippen molar-refractivity contribution in [3.05, 3.63) is 59.1 Å². The molecule has 3 amide bonds. The molecule has 1 aromatic carbocycles. The Labute approximate surface area is 155 Å². The van der Waals surface area contributed by atoms with E-state index in [1.54, 1.807) is 24.3 Å². The lowest BCUT2D eigenvalue weighted by atomic mass is 10.1. The van der Waals surface area contributed by atoms with Gasteiger partial charge in [0.2, 0.25) is 0 Å². The van der Waals surface area contributed by atoms with E-state index in [4.69, 9.17) is 14.4 Å². The van der Waals surface area contributed by atoms with Gasteiger partial charge in [0.15, 0.2) is 6.61 Å². The van der Waals surface area contributed by atoms with E-state index in [0.717, 1.165) is 11.1 Å². The van der Waals surface area contributed by atoms with Gasteiger partial charge in [-0.15, -0.1) is 0 Å². The first-order valence-electron chi connectivity index (χ1n) is 7.89. The summed E-state index contributed by atoms with van der Waals surface area (Å²) >= 11 is 0. The van der Waals surface area contributed by atoms with E-state index in [-0.39, 0.29) is 5.57 Å². The second kappa shape index (κ2) is 9.01. The summed E-state index contributed by atoms with van der Waals surface area (Å²) < 4.78 is 9.73. The molecule has 8 nitrogen and oxygen atoms in total. The number of nitrogens with zero attached hydrogens (tertiary/aromatic N) is 1. The zero-order valence-electron chi connectivity index (χ0n) is 14.7. The molecule has 1 heterocycles. The topological polar surface area (TPSA) is 121 Å². The van der Waals surface area contributed by atoms with Crippen molar-refractivity contribution in [1.82, 2.24) is 5.32 Å². The number of benzene rings is 1. The van der Waals surface area contributed by atoms with Crippen LogP contribution in [0.2, 0.25) is 0 Å². The number of ether oxygens (including phenoxy) is 1. The zero-order valence-corrected chi connectivity index (χ0v) is 14.7. The van der Waals surface area contributed by atoms with Gasteiger partial charge in [-0.25, -0.2) is 9.59 Å². The maximum absolute atomic E-state index is 11.8. The molecule has 8 heteroatoms. The van der Waals surface area contributed by atoms with Gasteiger partial charge in [0.25, 0.3) is 5.91 Å². The fourth-order valence-electron chi connectivity index (χ4n) is 2.13. The van der Waals surface area contributed by atoms with Crippen LogP contribution in [-0.4, -0.2) is 24.5 Å². The second-order valence-electron chi connectivity index (χ2n) is 5.58. The van der Waals surface area contributed by atoms with Crippen molar-refractivity contribution < 1.29 is 23.5 Å². The van der Waals surface area contributed by atoms with Crippen molar-refractivity contribution >= 4 is 29.7 Å². The van der Waals surface area contributed by atoms with Gasteiger partial charge >= 0.3 is 12.0 Å². The summed E-state index contributed by atoms with van der Waals surface area (Å²) in [7, 11) is 0. The molecule has 0 atom stereocenters. The number of imide groups is 1. The van der Waals surface area contributed by atoms with Gasteiger partial charge in [-0.3, -0.25) is 10.1 Å². The summed E-state index contributed by atoms with van der Waals surface area (Å²) in [5, 5.41) is 13.6. The number of hydrogen-bond donors (Lipinski definition) is 2. The van der Waals surface area contributed by atoms with Gasteiger partial charge in [0, 0.05) is 11.8 Å². The number of urea groups is 1. The average molecular weight is 367 g/mol. The van der Waals surface area contributed by atoms with Crippen LogP contribution in [0.5, 0.6) is 0 Å². The number of amides is 3. The monoisotopic (exact) mass is 367 g/mol. The molecule has 0 unspecified atom stereocenters. The van der Waals surface area contributed by atoms with Crippen LogP contribution in [0.25, 0.3) is 6.08 Å². The van der Waals surface area contributed by atoms with E-state index in [0.29, 0.717) is 11.4 Å². The Balaban J connectivity index is 1.85. The Morgan fingerprint density at radius 3 is 2.67 bits per heavy atom. The highest BCUT2D eigenvalue weighted by atomic mass is 16.5. The molecule has 2 rings (SSSR count). The molecule has 0 aliphatic heterocycles. The van der Waals surface area contributed by atoms with Gasteiger partial charge in [0.05, 0.1) is 6.26 Å². The van der Waals surface area contributed by atoms with Crippen LogP contribution in [0.1, 0.15) is 16.9 Å². The summed E-state index contributed by atoms with van der Waals surface area (Å²) in [4.78, 5) is 35.4. The van der Waals surface area contributed by atoms with Gasteiger partial charge in [0.1, 0.15) is 17.4 Å². The second-order valence-corrected chi connectivity index (χ2v) is 5.58. The van der Waals surface area contributed by atoms with E-state index < -0.39 is 24.5 Å². The highest BCUT2D eigenvalue weighted by Gasteiger charge is 2.15. The maximum Gasteiger partial charge on any atom is 0.349 e. The quantitative estimate of drug-likeness (QED) is 0.476. The summed E-state index contributed by atoms with van der Waals surface area (Å²) in [6, 6.07) is 9.47. The van der Waals surface area contributed by atoms with Gasteiger partial charge < -0.3 is 14.5 Å². The van der Waals surface area contributed by atoms with Crippen molar-refractivity contribution in [2.45, 2.75) is 13.8 Å². The van der Waals surface area contributed by atoms with E-state index in [2.05, 4.69) is 5.32 Å². The summed E-state index contributed by atoms with van der Waals surface area (Å²) in [5.41, 5.74) is 2.09. The van der Waals surface area contributed by atoms with E-state index in [1.807, 2.05) is 31.3 Å². The van der Waals surface area contributed by atoms with Crippen molar-refractivity contribution in [3.8, 4) is 6.07 Å². The largest absolute Gasteiger partial charge is 0.465 e. The van der Waals surface area contributed by atoms with Crippen LogP contribution in [-0.2, 0) is 14.3 Å². The van der Waals surface area contributed by atoms with Crippen LogP contribution in [0.15, 0.2) is 46.6 Å². The number of rotatable bonds is 5. The van der Waals surface area contributed by atoms with Crippen LogP contribution >= 0.6 is 0 Å². The van der Waals surface area contributed by atoms with Crippen molar-refractivity contribution in [2.24, 2.45) is 0 Å². The number of furan rings is 1. The van der Waals surface area contributed by atoms with Gasteiger partial charge in [-0.1, -0.05) is 17.7 Å². The number of hydrogen-bond acceptors (Lipinski definition) is 6. The minimum absolute atomic E-state index is 0.292. The molecule has 2 N–H and O–H groups in total. The number of anilines is 1. The molecular formula is C19H17N3O5. The smallest absolute Gasteiger partial charge is 0.349 e. The fourth-order valence-corrected chi connectivity index (χ4v) is 2.13. The Bertz CT molecular complexity index is 923. The van der Waals surface area contributed by atoms with E-state index >= 15 is 0 Å². The SMILES string of the molecule is Cc1ccc(NC(=O)NC(=O)COC(=O)/C(C#N)=C/c2ccco2)c(C)c1. The van der Waals surface area contributed by atoms with Gasteiger partial charge in [-0.05, 0) is 37.6 Å². The number of nitriles is 1. The Kier molecular flexibility index (Phi) is 6.49. The third-order valence-corrected chi connectivity index (χ3v) is 3.39. The molecule has 0 fully saturated rings. The lowest BCUT2D eigenvalue weighted by Crippen LogP contribution is -2.37. The zero-order chi connectivity index (χ0) is 19.8. The number of carbonyl (C=O) groups excluding carboxylic acids is 3. The first-order valence-corrected chi connectivity index (χ1v) is 7.89.